The van der Waals surface area contributed by atoms with Gasteiger partial charge in [0.1, 0.15) is 5.82 Å². The van der Waals surface area contributed by atoms with Crippen molar-refractivity contribution < 1.29 is 19.2 Å². The van der Waals surface area contributed by atoms with Crippen LogP contribution < -0.4 is 10.8 Å². The Balaban J connectivity index is 3.09. The molecule has 0 saturated carbocycles. The van der Waals surface area contributed by atoms with Crippen molar-refractivity contribution >= 4 is 24.2 Å². The highest BCUT2D eigenvalue weighted by atomic mass is 19.1. The Morgan fingerprint density at radius 1 is 1.50 bits per heavy atom. The summed E-state index contributed by atoms with van der Waals surface area (Å²) >= 11 is 0. The van der Waals surface area contributed by atoms with Crippen LogP contribution in [-0.4, -0.2) is 23.1 Å². The number of rotatable bonds is 2. The number of anilines is 1. The molecule has 0 aliphatic heterocycles. The van der Waals surface area contributed by atoms with Crippen LogP contribution in [0.4, 0.5) is 10.1 Å². The molecule has 1 aromatic rings. The molecule has 0 radical (unpaired) electrons. The van der Waals surface area contributed by atoms with E-state index in [-0.39, 0.29) is 11.2 Å². The summed E-state index contributed by atoms with van der Waals surface area (Å²) in [6, 6.07) is 3.31. The molecule has 1 rings (SSSR count). The highest BCUT2D eigenvalue weighted by molar-refractivity contribution is 6.60. The topological polar surface area (TPSA) is 69.6 Å². The Bertz CT molecular complexity index is 356. The second kappa shape index (κ2) is 4.21. The third-order valence-electron chi connectivity index (χ3n) is 1.60. The van der Waals surface area contributed by atoms with Gasteiger partial charge in [0.25, 0.3) is 0 Å². The largest absolute Gasteiger partial charge is 0.490 e. The highest BCUT2D eigenvalue weighted by Gasteiger charge is 2.16. The number of carbonyl (C=O) groups is 1. The number of hydrogen-bond acceptors (Lipinski definition) is 3. The molecule has 1 aromatic carbocycles. The molecule has 3 N–H and O–H groups in total. The molecule has 74 valence electrons. The van der Waals surface area contributed by atoms with Crippen molar-refractivity contribution in [1.82, 2.24) is 0 Å². The molecule has 6 heteroatoms. The van der Waals surface area contributed by atoms with Crippen LogP contribution in [0.1, 0.15) is 6.92 Å². The van der Waals surface area contributed by atoms with E-state index < -0.39 is 18.8 Å². The van der Waals surface area contributed by atoms with Crippen molar-refractivity contribution in [3.8, 4) is 0 Å². The summed E-state index contributed by atoms with van der Waals surface area (Å²) in [4.78, 5) is 10.7. The number of hydrogen-bond donors (Lipinski definition) is 3. The molecule has 0 bridgehead atoms. The normalized spacial score (nSPS) is 9.71. The van der Waals surface area contributed by atoms with Crippen molar-refractivity contribution in [3.63, 3.8) is 0 Å². The van der Waals surface area contributed by atoms with Crippen LogP contribution in [0.15, 0.2) is 18.2 Å². The molecule has 0 aromatic heterocycles. The zero-order valence-electron chi connectivity index (χ0n) is 7.49. The van der Waals surface area contributed by atoms with E-state index in [4.69, 9.17) is 10.0 Å². The van der Waals surface area contributed by atoms with E-state index in [1.807, 2.05) is 0 Å². The molecule has 1 amide bonds. The molecular weight excluding hydrogens is 188 g/mol. The maximum Gasteiger partial charge on any atom is 0.490 e. The minimum absolute atomic E-state index is 0.0570. The summed E-state index contributed by atoms with van der Waals surface area (Å²) in [7, 11) is -1.74. The average molecular weight is 197 g/mol. The Kier molecular flexibility index (Phi) is 3.21. The molecule has 0 fully saturated rings. The number of amides is 1. The molecule has 4 nitrogen and oxygen atoms in total. The fourth-order valence-electron chi connectivity index (χ4n) is 1.05. The van der Waals surface area contributed by atoms with E-state index in [0.29, 0.717) is 0 Å². The highest BCUT2D eigenvalue weighted by Crippen LogP contribution is 2.07. The van der Waals surface area contributed by atoms with Crippen LogP contribution in [0.25, 0.3) is 0 Å². The fourth-order valence-corrected chi connectivity index (χ4v) is 1.05. The van der Waals surface area contributed by atoms with E-state index >= 15 is 0 Å². The van der Waals surface area contributed by atoms with Crippen LogP contribution in [0.5, 0.6) is 0 Å². The van der Waals surface area contributed by atoms with E-state index in [1.165, 1.54) is 13.0 Å². The molecule has 0 heterocycles. The minimum Gasteiger partial charge on any atom is -0.423 e. The van der Waals surface area contributed by atoms with Gasteiger partial charge in [-0.05, 0) is 12.1 Å². The van der Waals surface area contributed by atoms with Gasteiger partial charge in [-0.2, -0.15) is 0 Å². The molecule has 0 saturated heterocycles. The monoisotopic (exact) mass is 197 g/mol. The molecule has 0 aliphatic rings. The zero-order valence-corrected chi connectivity index (χ0v) is 7.49. The summed E-state index contributed by atoms with van der Waals surface area (Å²) < 4.78 is 12.7. The number of benzene rings is 1. The maximum absolute atomic E-state index is 12.7. The Morgan fingerprint density at radius 2 is 2.14 bits per heavy atom. The van der Waals surface area contributed by atoms with Gasteiger partial charge in [-0.15, -0.1) is 0 Å². The van der Waals surface area contributed by atoms with Gasteiger partial charge in [-0.3, -0.25) is 4.79 Å². The third kappa shape index (κ3) is 2.55. The first kappa shape index (κ1) is 10.7. The lowest BCUT2D eigenvalue weighted by molar-refractivity contribution is -0.114. The van der Waals surface area contributed by atoms with Gasteiger partial charge in [-0.1, -0.05) is 6.07 Å². The summed E-state index contributed by atoms with van der Waals surface area (Å²) in [5.74, 6) is -0.962. The smallest absolute Gasteiger partial charge is 0.423 e. The van der Waals surface area contributed by atoms with Crippen LogP contribution >= 0.6 is 0 Å². The molecule has 0 unspecified atom stereocenters. The van der Waals surface area contributed by atoms with E-state index in [2.05, 4.69) is 5.32 Å². The second-order valence-electron chi connectivity index (χ2n) is 2.79. The number of halogens is 1. The van der Waals surface area contributed by atoms with Crippen molar-refractivity contribution in [3.05, 3.63) is 24.0 Å². The molecule has 0 aliphatic carbocycles. The first-order chi connectivity index (χ1) is 6.50. The summed E-state index contributed by atoms with van der Waals surface area (Å²) in [5, 5.41) is 20.1. The second-order valence-corrected chi connectivity index (χ2v) is 2.79. The van der Waals surface area contributed by atoms with E-state index in [9.17, 15) is 9.18 Å². The summed E-state index contributed by atoms with van der Waals surface area (Å²) in [6.45, 7) is 1.25. The standard InChI is InChI=1S/C8H9BFNO3/c1-5(12)11-8-4-6(10)2-3-7(8)9(13)14/h2-4,13-14H,1H3,(H,11,12). The van der Waals surface area contributed by atoms with Gasteiger partial charge in [0.2, 0.25) is 5.91 Å². The van der Waals surface area contributed by atoms with E-state index in [1.54, 1.807) is 0 Å². The lowest BCUT2D eigenvalue weighted by Crippen LogP contribution is -2.33. The quantitative estimate of drug-likeness (QED) is 0.558. The Labute approximate surface area is 80.5 Å². The molecular formula is C8H9BFNO3. The first-order valence-electron chi connectivity index (χ1n) is 3.94. The Morgan fingerprint density at radius 3 is 2.64 bits per heavy atom. The first-order valence-corrected chi connectivity index (χ1v) is 3.94. The predicted molar refractivity (Wildman–Crippen MR) is 50.5 cm³/mol. The SMILES string of the molecule is CC(=O)Nc1cc(F)ccc1B(O)O. The lowest BCUT2D eigenvalue weighted by Gasteiger charge is -2.08. The van der Waals surface area contributed by atoms with Gasteiger partial charge in [0, 0.05) is 18.1 Å². The zero-order chi connectivity index (χ0) is 10.7. The molecule has 0 atom stereocenters. The molecule has 0 spiro atoms. The van der Waals surface area contributed by atoms with Gasteiger partial charge in [0.15, 0.2) is 0 Å². The van der Waals surface area contributed by atoms with E-state index in [0.717, 1.165) is 12.1 Å². The van der Waals surface area contributed by atoms with Crippen molar-refractivity contribution in [1.29, 1.82) is 0 Å². The van der Waals surface area contributed by atoms with Crippen LogP contribution in [0, 0.1) is 5.82 Å². The number of nitrogens with one attached hydrogen (secondary N) is 1. The minimum atomic E-state index is -1.74. The predicted octanol–water partition coefficient (Wildman–Crippen LogP) is -0.536. The van der Waals surface area contributed by atoms with Crippen LogP contribution in [0.2, 0.25) is 0 Å². The summed E-state index contributed by atoms with van der Waals surface area (Å²) in [5.41, 5.74) is 0.120. The fraction of sp³-hybridized carbons (Fsp3) is 0.125. The third-order valence-corrected chi connectivity index (χ3v) is 1.60. The van der Waals surface area contributed by atoms with Crippen molar-refractivity contribution in [2.75, 3.05) is 5.32 Å². The van der Waals surface area contributed by atoms with Gasteiger partial charge in [0.05, 0.1) is 0 Å². The van der Waals surface area contributed by atoms with Crippen LogP contribution in [0.3, 0.4) is 0 Å². The van der Waals surface area contributed by atoms with Gasteiger partial charge < -0.3 is 15.4 Å². The maximum atomic E-state index is 12.7. The number of carbonyl (C=O) groups excluding carboxylic acids is 1. The van der Waals surface area contributed by atoms with Crippen molar-refractivity contribution in [2.45, 2.75) is 6.92 Å². The molecule has 14 heavy (non-hydrogen) atoms. The van der Waals surface area contributed by atoms with Gasteiger partial charge in [-0.25, -0.2) is 4.39 Å². The van der Waals surface area contributed by atoms with Crippen molar-refractivity contribution in [2.24, 2.45) is 0 Å². The average Bonchev–Trinajstić information content (AvgIpc) is 2.01. The van der Waals surface area contributed by atoms with Gasteiger partial charge >= 0.3 is 7.12 Å². The Hall–Kier alpha value is -1.40. The lowest BCUT2D eigenvalue weighted by atomic mass is 9.79. The van der Waals surface area contributed by atoms with Crippen LogP contribution in [-0.2, 0) is 4.79 Å². The summed E-state index contributed by atoms with van der Waals surface area (Å²) in [6.07, 6.45) is 0.